The summed E-state index contributed by atoms with van der Waals surface area (Å²) in [5.74, 6) is 1.39. The molecule has 0 spiro atoms. The molecule has 1 amide bonds. The number of hydrogen-bond donors (Lipinski definition) is 0. The lowest BCUT2D eigenvalue weighted by Crippen LogP contribution is -2.32. The first-order valence-electron chi connectivity index (χ1n) is 8.46. The zero-order valence-corrected chi connectivity index (χ0v) is 15.0. The molecule has 0 unspecified atom stereocenters. The van der Waals surface area contributed by atoms with Gasteiger partial charge in [-0.1, -0.05) is 6.07 Å². The minimum Gasteiger partial charge on any atom is -0.490 e. The van der Waals surface area contributed by atoms with Crippen LogP contribution in [0.4, 0.5) is 0 Å². The van der Waals surface area contributed by atoms with Crippen LogP contribution in [0.1, 0.15) is 41.9 Å². The van der Waals surface area contributed by atoms with Crippen molar-refractivity contribution in [1.82, 2.24) is 4.90 Å². The van der Waals surface area contributed by atoms with Crippen LogP contribution in [0.3, 0.4) is 0 Å². The van der Waals surface area contributed by atoms with Crippen LogP contribution in [-0.4, -0.2) is 30.1 Å². The highest BCUT2D eigenvalue weighted by Crippen LogP contribution is 2.33. The summed E-state index contributed by atoms with van der Waals surface area (Å²) in [5, 5.41) is 2.05. The third-order valence-electron chi connectivity index (χ3n) is 3.95. The average molecular weight is 345 g/mol. The number of nitrogens with zero attached hydrogens (tertiary/aromatic N) is 1. The van der Waals surface area contributed by atoms with Crippen molar-refractivity contribution in [1.29, 1.82) is 0 Å². The van der Waals surface area contributed by atoms with Gasteiger partial charge < -0.3 is 14.4 Å². The molecule has 128 valence electrons. The van der Waals surface area contributed by atoms with Crippen molar-refractivity contribution in [3.8, 4) is 11.5 Å². The molecule has 0 saturated heterocycles. The Bertz CT molecular complexity index is 680. The summed E-state index contributed by atoms with van der Waals surface area (Å²) in [6.45, 7) is 5.65. The molecule has 24 heavy (non-hydrogen) atoms. The molecule has 0 N–H and O–H groups in total. The molecule has 2 aromatic rings. The van der Waals surface area contributed by atoms with Gasteiger partial charge in [0.2, 0.25) is 0 Å². The van der Waals surface area contributed by atoms with E-state index in [1.54, 1.807) is 17.4 Å². The zero-order valence-electron chi connectivity index (χ0n) is 14.2. The number of carbonyl (C=O) groups excluding carboxylic acids is 1. The van der Waals surface area contributed by atoms with Crippen molar-refractivity contribution in [3.63, 3.8) is 0 Å². The first kappa shape index (κ1) is 16.8. The topological polar surface area (TPSA) is 38.8 Å². The molecule has 4 nitrogen and oxygen atoms in total. The minimum absolute atomic E-state index is 0.0647. The molecule has 1 aliphatic rings. The molecular formula is C19H23NO3S. The van der Waals surface area contributed by atoms with E-state index in [-0.39, 0.29) is 5.91 Å². The number of hydrogen-bond acceptors (Lipinski definition) is 4. The Kier molecular flexibility index (Phi) is 5.41. The van der Waals surface area contributed by atoms with Gasteiger partial charge in [0.1, 0.15) is 0 Å². The minimum atomic E-state index is 0.0647. The number of ether oxygens (including phenoxy) is 2. The van der Waals surface area contributed by atoms with Gasteiger partial charge in [-0.2, -0.15) is 0 Å². The molecule has 1 aliphatic carbocycles. The molecule has 3 rings (SSSR count). The van der Waals surface area contributed by atoms with E-state index in [4.69, 9.17) is 9.47 Å². The monoisotopic (exact) mass is 345 g/mol. The quantitative estimate of drug-likeness (QED) is 0.714. The molecule has 1 saturated carbocycles. The molecule has 1 aromatic carbocycles. The fourth-order valence-electron chi connectivity index (χ4n) is 2.67. The molecular weight excluding hydrogens is 322 g/mol. The lowest BCUT2D eigenvalue weighted by atomic mass is 10.1. The van der Waals surface area contributed by atoms with Crippen LogP contribution in [0.25, 0.3) is 0 Å². The van der Waals surface area contributed by atoms with Crippen LogP contribution in [-0.2, 0) is 6.54 Å². The molecule has 5 heteroatoms. The second-order valence-corrected chi connectivity index (χ2v) is 6.80. The summed E-state index contributed by atoms with van der Waals surface area (Å²) < 4.78 is 11.2. The first-order valence-corrected chi connectivity index (χ1v) is 9.33. The second-order valence-electron chi connectivity index (χ2n) is 5.77. The highest BCUT2D eigenvalue weighted by molar-refractivity contribution is 7.09. The Labute approximate surface area is 147 Å². The molecule has 1 heterocycles. The van der Waals surface area contributed by atoms with Gasteiger partial charge in [0.15, 0.2) is 11.5 Å². The molecule has 1 aromatic heterocycles. The second kappa shape index (κ2) is 7.71. The fraction of sp³-hybridized carbons (Fsp3) is 0.421. The summed E-state index contributed by atoms with van der Waals surface area (Å²) in [4.78, 5) is 16.2. The summed E-state index contributed by atoms with van der Waals surface area (Å²) >= 11 is 1.69. The van der Waals surface area contributed by atoms with Gasteiger partial charge in [0, 0.05) is 16.5 Å². The average Bonchev–Trinajstić information content (AvgIpc) is 3.30. The molecule has 0 radical (unpaired) electrons. The van der Waals surface area contributed by atoms with Crippen LogP contribution in [0.15, 0.2) is 35.7 Å². The van der Waals surface area contributed by atoms with E-state index in [0.29, 0.717) is 42.9 Å². The van der Waals surface area contributed by atoms with E-state index in [0.717, 1.165) is 12.8 Å². The number of rotatable bonds is 8. The van der Waals surface area contributed by atoms with Crippen LogP contribution in [0, 0.1) is 0 Å². The maximum Gasteiger partial charge on any atom is 0.254 e. The maximum atomic E-state index is 13.0. The van der Waals surface area contributed by atoms with Gasteiger partial charge in [-0.15, -0.1) is 11.3 Å². The van der Waals surface area contributed by atoms with Gasteiger partial charge in [-0.25, -0.2) is 0 Å². The van der Waals surface area contributed by atoms with E-state index in [9.17, 15) is 4.79 Å². The van der Waals surface area contributed by atoms with Crippen molar-refractivity contribution in [2.24, 2.45) is 0 Å². The van der Waals surface area contributed by atoms with Gasteiger partial charge in [-0.3, -0.25) is 4.79 Å². The van der Waals surface area contributed by atoms with Crippen LogP contribution in [0.2, 0.25) is 0 Å². The van der Waals surface area contributed by atoms with Gasteiger partial charge in [0.25, 0.3) is 5.91 Å². The summed E-state index contributed by atoms with van der Waals surface area (Å²) in [7, 11) is 0. The maximum absolute atomic E-state index is 13.0. The highest BCUT2D eigenvalue weighted by Gasteiger charge is 2.33. The third kappa shape index (κ3) is 3.90. The van der Waals surface area contributed by atoms with E-state index in [2.05, 4.69) is 11.4 Å². The summed E-state index contributed by atoms with van der Waals surface area (Å²) in [5.41, 5.74) is 0.658. The Balaban J connectivity index is 1.82. The third-order valence-corrected chi connectivity index (χ3v) is 4.81. The van der Waals surface area contributed by atoms with E-state index < -0.39 is 0 Å². The molecule has 0 aliphatic heterocycles. The number of amides is 1. The van der Waals surface area contributed by atoms with Gasteiger partial charge >= 0.3 is 0 Å². The van der Waals surface area contributed by atoms with E-state index >= 15 is 0 Å². The highest BCUT2D eigenvalue weighted by atomic mass is 32.1. The standard InChI is InChI=1S/C19H23NO3S/c1-3-22-17-10-7-14(12-18(17)23-4-2)19(21)20(15-8-9-15)13-16-6-5-11-24-16/h5-7,10-12,15H,3-4,8-9,13H2,1-2H3. The predicted molar refractivity (Wildman–Crippen MR) is 96.0 cm³/mol. The van der Waals surface area contributed by atoms with Crippen LogP contribution in [0.5, 0.6) is 11.5 Å². The zero-order chi connectivity index (χ0) is 16.9. The van der Waals surface area contributed by atoms with Gasteiger partial charge in [-0.05, 0) is 56.3 Å². The number of carbonyl (C=O) groups is 1. The smallest absolute Gasteiger partial charge is 0.254 e. The lowest BCUT2D eigenvalue weighted by Gasteiger charge is -2.22. The number of benzene rings is 1. The normalized spacial score (nSPS) is 13.6. The fourth-order valence-corrected chi connectivity index (χ4v) is 3.38. The van der Waals surface area contributed by atoms with Crippen molar-refractivity contribution in [2.45, 2.75) is 39.3 Å². The summed E-state index contributed by atoms with van der Waals surface area (Å²) in [6, 6.07) is 9.94. The van der Waals surface area contributed by atoms with E-state index in [1.807, 2.05) is 36.9 Å². The number of thiophene rings is 1. The lowest BCUT2D eigenvalue weighted by molar-refractivity contribution is 0.0731. The first-order chi connectivity index (χ1) is 11.7. The van der Waals surface area contributed by atoms with Crippen molar-refractivity contribution in [2.75, 3.05) is 13.2 Å². The van der Waals surface area contributed by atoms with Crippen LogP contribution >= 0.6 is 11.3 Å². The Morgan fingerprint density at radius 3 is 2.54 bits per heavy atom. The summed E-state index contributed by atoms with van der Waals surface area (Å²) in [6.07, 6.45) is 2.18. The van der Waals surface area contributed by atoms with Crippen molar-refractivity contribution >= 4 is 17.2 Å². The molecule has 0 atom stereocenters. The molecule has 1 fully saturated rings. The molecule has 0 bridgehead atoms. The SMILES string of the molecule is CCOc1ccc(C(=O)N(Cc2cccs2)C2CC2)cc1OCC. The van der Waals surface area contributed by atoms with Crippen molar-refractivity contribution in [3.05, 3.63) is 46.2 Å². The Morgan fingerprint density at radius 2 is 1.92 bits per heavy atom. The van der Waals surface area contributed by atoms with Crippen molar-refractivity contribution < 1.29 is 14.3 Å². The van der Waals surface area contributed by atoms with Crippen LogP contribution < -0.4 is 9.47 Å². The Morgan fingerprint density at radius 1 is 1.17 bits per heavy atom. The predicted octanol–water partition coefficient (Wildman–Crippen LogP) is 4.35. The van der Waals surface area contributed by atoms with Gasteiger partial charge in [0.05, 0.1) is 19.8 Å². The van der Waals surface area contributed by atoms with E-state index in [1.165, 1.54) is 4.88 Å². The largest absolute Gasteiger partial charge is 0.490 e. The Hall–Kier alpha value is -2.01.